The van der Waals surface area contributed by atoms with Gasteiger partial charge in [-0.1, -0.05) is 52.0 Å². The minimum Gasteiger partial charge on any atom is -0.355 e. The minimum atomic E-state index is -1.14. The van der Waals surface area contributed by atoms with Crippen LogP contribution in [0.2, 0.25) is 0 Å². The second-order valence-corrected chi connectivity index (χ2v) is 7.48. The number of nitrogens with one attached hydrogen (secondary N) is 1. The van der Waals surface area contributed by atoms with Gasteiger partial charge in [0.15, 0.2) is 0 Å². The first-order chi connectivity index (χ1) is 9.32. The summed E-state index contributed by atoms with van der Waals surface area (Å²) in [6.45, 7) is 9.14. The number of hydrogen-bond donors (Lipinski definition) is 1. The molecule has 4 heteroatoms. The molecule has 0 aliphatic carbocycles. The van der Waals surface area contributed by atoms with Crippen molar-refractivity contribution in [2.45, 2.75) is 45.3 Å². The van der Waals surface area contributed by atoms with Crippen LogP contribution in [0.4, 0.5) is 0 Å². The van der Waals surface area contributed by atoms with Crippen LogP contribution in [0.3, 0.4) is 0 Å². The monoisotopic (exact) mass is 295 g/mol. The zero-order chi connectivity index (χ0) is 15.2. The van der Waals surface area contributed by atoms with Gasteiger partial charge in [0.05, 0.1) is 0 Å². The van der Waals surface area contributed by atoms with Gasteiger partial charge in [-0.2, -0.15) is 0 Å². The summed E-state index contributed by atoms with van der Waals surface area (Å²) >= 11 is 0. The SMILES string of the molecule is CCCNC(=O)CS(=O)Cc1ccc(C(C)(C)C)cc1. The largest absolute Gasteiger partial charge is 0.355 e. The highest BCUT2D eigenvalue weighted by Gasteiger charge is 2.13. The predicted octanol–water partition coefficient (Wildman–Crippen LogP) is 2.76. The van der Waals surface area contributed by atoms with Crippen LogP contribution in [0.5, 0.6) is 0 Å². The van der Waals surface area contributed by atoms with Crippen molar-refractivity contribution >= 4 is 16.7 Å². The van der Waals surface area contributed by atoms with E-state index in [4.69, 9.17) is 0 Å². The van der Waals surface area contributed by atoms with Gasteiger partial charge < -0.3 is 5.32 Å². The Hall–Kier alpha value is -1.16. The number of benzene rings is 1. The molecular weight excluding hydrogens is 270 g/mol. The molecule has 0 saturated carbocycles. The lowest BCUT2D eigenvalue weighted by Crippen LogP contribution is -2.29. The molecule has 0 radical (unpaired) electrons. The summed E-state index contributed by atoms with van der Waals surface area (Å²) in [6.07, 6.45) is 0.895. The van der Waals surface area contributed by atoms with E-state index in [1.54, 1.807) is 0 Å². The fraction of sp³-hybridized carbons (Fsp3) is 0.562. The van der Waals surface area contributed by atoms with Crippen molar-refractivity contribution in [3.8, 4) is 0 Å². The van der Waals surface area contributed by atoms with Crippen molar-refractivity contribution in [3.05, 3.63) is 35.4 Å². The van der Waals surface area contributed by atoms with Crippen LogP contribution in [-0.2, 0) is 26.8 Å². The van der Waals surface area contributed by atoms with E-state index in [1.165, 1.54) is 5.56 Å². The fourth-order valence-corrected chi connectivity index (χ4v) is 2.86. The van der Waals surface area contributed by atoms with Gasteiger partial charge in [-0.05, 0) is 23.0 Å². The van der Waals surface area contributed by atoms with E-state index in [1.807, 2.05) is 19.1 Å². The molecule has 3 nitrogen and oxygen atoms in total. The summed E-state index contributed by atoms with van der Waals surface area (Å²) in [5.41, 5.74) is 2.39. The lowest BCUT2D eigenvalue weighted by molar-refractivity contribution is -0.118. The van der Waals surface area contributed by atoms with Crippen LogP contribution < -0.4 is 5.32 Å². The Bertz CT molecular complexity index is 460. The van der Waals surface area contributed by atoms with Gasteiger partial charge in [-0.15, -0.1) is 0 Å². The number of carbonyl (C=O) groups is 1. The zero-order valence-electron chi connectivity index (χ0n) is 12.9. The van der Waals surface area contributed by atoms with Gasteiger partial charge in [0.2, 0.25) is 5.91 Å². The Balaban J connectivity index is 2.52. The first kappa shape index (κ1) is 16.9. The van der Waals surface area contributed by atoms with Crippen molar-refractivity contribution < 1.29 is 9.00 Å². The average Bonchev–Trinajstić information content (AvgIpc) is 2.35. The Morgan fingerprint density at radius 3 is 2.30 bits per heavy atom. The number of carbonyl (C=O) groups excluding carboxylic acids is 1. The number of hydrogen-bond acceptors (Lipinski definition) is 2. The van der Waals surface area contributed by atoms with E-state index in [0.717, 1.165) is 12.0 Å². The minimum absolute atomic E-state index is 0.0843. The van der Waals surface area contributed by atoms with Gasteiger partial charge >= 0.3 is 0 Å². The summed E-state index contributed by atoms with van der Waals surface area (Å²) in [7, 11) is -1.14. The predicted molar refractivity (Wildman–Crippen MR) is 85.2 cm³/mol. The molecular formula is C16H25NO2S. The van der Waals surface area contributed by atoms with E-state index < -0.39 is 10.8 Å². The van der Waals surface area contributed by atoms with Crippen LogP contribution in [0.25, 0.3) is 0 Å². The lowest BCUT2D eigenvalue weighted by Gasteiger charge is -2.19. The molecule has 20 heavy (non-hydrogen) atoms. The first-order valence-electron chi connectivity index (χ1n) is 7.04. The molecule has 0 saturated heterocycles. The maximum atomic E-state index is 11.9. The highest BCUT2D eigenvalue weighted by atomic mass is 32.2. The topological polar surface area (TPSA) is 46.2 Å². The molecule has 1 rings (SSSR count). The number of amides is 1. The van der Waals surface area contributed by atoms with Crippen molar-refractivity contribution in [2.75, 3.05) is 12.3 Å². The van der Waals surface area contributed by atoms with Gasteiger partial charge in [-0.25, -0.2) is 0 Å². The Labute approximate surface area is 124 Å². The molecule has 0 bridgehead atoms. The van der Waals surface area contributed by atoms with E-state index in [9.17, 15) is 9.00 Å². The van der Waals surface area contributed by atoms with Gasteiger partial charge in [-0.3, -0.25) is 9.00 Å². The van der Waals surface area contributed by atoms with E-state index in [0.29, 0.717) is 12.3 Å². The maximum Gasteiger partial charge on any atom is 0.232 e. The van der Waals surface area contributed by atoms with E-state index >= 15 is 0 Å². The average molecular weight is 295 g/mol. The smallest absolute Gasteiger partial charge is 0.232 e. The molecule has 1 amide bonds. The van der Waals surface area contributed by atoms with E-state index in [2.05, 4.69) is 38.2 Å². The molecule has 1 atom stereocenters. The molecule has 112 valence electrons. The first-order valence-corrected chi connectivity index (χ1v) is 8.53. The van der Waals surface area contributed by atoms with Gasteiger partial charge in [0.1, 0.15) is 5.75 Å². The fourth-order valence-electron chi connectivity index (χ4n) is 1.80. The third-order valence-corrected chi connectivity index (χ3v) is 4.25. The summed E-state index contributed by atoms with van der Waals surface area (Å²) in [6, 6.07) is 8.15. The maximum absolute atomic E-state index is 11.9. The van der Waals surface area contributed by atoms with Crippen LogP contribution in [0, 0.1) is 0 Å². The van der Waals surface area contributed by atoms with Crippen molar-refractivity contribution in [1.82, 2.24) is 5.32 Å². The lowest BCUT2D eigenvalue weighted by atomic mass is 9.87. The van der Waals surface area contributed by atoms with Crippen LogP contribution in [0.1, 0.15) is 45.2 Å². The summed E-state index contributed by atoms with van der Waals surface area (Å²) in [5.74, 6) is 0.391. The zero-order valence-corrected chi connectivity index (χ0v) is 13.7. The molecule has 1 N–H and O–H groups in total. The molecule has 0 heterocycles. The second-order valence-electron chi connectivity index (χ2n) is 6.03. The van der Waals surface area contributed by atoms with Crippen molar-refractivity contribution in [2.24, 2.45) is 0 Å². The second kappa shape index (κ2) is 7.58. The Kier molecular flexibility index (Phi) is 6.40. The molecule has 1 aromatic carbocycles. The van der Waals surface area contributed by atoms with Crippen LogP contribution >= 0.6 is 0 Å². The van der Waals surface area contributed by atoms with Gasteiger partial charge in [0, 0.05) is 23.1 Å². The molecule has 1 aromatic rings. The van der Waals surface area contributed by atoms with Crippen LogP contribution in [0.15, 0.2) is 24.3 Å². The normalized spacial score (nSPS) is 13.0. The molecule has 1 unspecified atom stereocenters. The highest BCUT2D eigenvalue weighted by Crippen LogP contribution is 2.22. The molecule has 0 aliphatic heterocycles. The molecule has 0 aliphatic rings. The Morgan fingerprint density at radius 2 is 1.80 bits per heavy atom. The molecule has 0 fully saturated rings. The summed E-state index contributed by atoms with van der Waals surface area (Å²) in [4.78, 5) is 11.5. The van der Waals surface area contributed by atoms with Crippen molar-refractivity contribution in [3.63, 3.8) is 0 Å². The van der Waals surface area contributed by atoms with Crippen LogP contribution in [-0.4, -0.2) is 22.4 Å². The summed E-state index contributed by atoms with van der Waals surface area (Å²) in [5, 5.41) is 2.75. The number of rotatable bonds is 6. The standard InChI is InChI=1S/C16H25NO2S/c1-5-10-17-15(18)12-20(19)11-13-6-8-14(9-7-13)16(2,3)4/h6-9H,5,10-12H2,1-4H3,(H,17,18). The Morgan fingerprint density at radius 1 is 1.20 bits per heavy atom. The highest BCUT2D eigenvalue weighted by molar-refractivity contribution is 7.84. The molecule has 0 aromatic heterocycles. The quantitative estimate of drug-likeness (QED) is 0.877. The van der Waals surface area contributed by atoms with E-state index in [-0.39, 0.29) is 17.1 Å². The van der Waals surface area contributed by atoms with Gasteiger partial charge in [0.25, 0.3) is 0 Å². The third kappa shape index (κ3) is 5.87. The third-order valence-electron chi connectivity index (χ3n) is 3.01. The molecule has 0 spiro atoms. The van der Waals surface area contributed by atoms with Crippen molar-refractivity contribution in [1.29, 1.82) is 0 Å². The summed E-state index contributed by atoms with van der Waals surface area (Å²) < 4.78 is 11.9.